The normalized spacial score (nSPS) is 12.4. The van der Waals surface area contributed by atoms with E-state index in [0.717, 1.165) is 41.3 Å². The predicted octanol–water partition coefficient (Wildman–Crippen LogP) is 5.38. The van der Waals surface area contributed by atoms with Gasteiger partial charge in [0.2, 0.25) is 0 Å². The van der Waals surface area contributed by atoms with E-state index in [1.165, 1.54) is 11.1 Å². The van der Waals surface area contributed by atoms with Crippen molar-refractivity contribution in [1.29, 1.82) is 0 Å². The first-order chi connectivity index (χ1) is 17.0. The third-order valence-corrected chi connectivity index (χ3v) is 6.45. The van der Waals surface area contributed by atoms with Gasteiger partial charge in [-0.25, -0.2) is 0 Å². The van der Waals surface area contributed by atoms with Crippen LogP contribution >= 0.6 is 0 Å². The third-order valence-electron chi connectivity index (χ3n) is 6.45. The number of hydrogen-bond donors (Lipinski definition) is 2. The zero-order valence-corrected chi connectivity index (χ0v) is 19.6. The van der Waals surface area contributed by atoms with Crippen molar-refractivity contribution < 1.29 is 14.7 Å². The third kappa shape index (κ3) is 4.82. The van der Waals surface area contributed by atoms with Crippen molar-refractivity contribution in [2.75, 3.05) is 10.3 Å². The molecule has 1 aliphatic rings. The van der Waals surface area contributed by atoms with Gasteiger partial charge in [-0.1, -0.05) is 54.1 Å². The van der Waals surface area contributed by atoms with Gasteiger partial charge in [0.1, 0.15) is 0 Å². The summed E-state index contributed by atoms with van der Waals surface area (Å²) in [6.07, 6.45) is 0.302. The van der Waals surface area contributed by atoms with E-state index < -0.39 is 5.97 Å². The lowest BCUT2D eigenvalue weighted by molar-refractivity contribution is -0.136. The highest BCUT2D eigenvalue weighted by atomic mass is 16.4. The molecule has 5 rings (SSSR count). The largest absolute Gasteiger partial charge is 0.481 e. The lowest BCUT2D eigenvalue weighted by atomic mass is 10.1. The summed E-state index contributed by atoms with van der Waals surface area (Å²) in [6, 6.07) is 27.9. The number of nitrogens with zero attached hydrogens (tertiary/aromatic N) is 2. The Hall–Kier alpha value is -4.32. The summed E-state index contributed by atoms with van der Waals surface area (Å²) in [5.74, 6) is -1.12. The van der Waals surface area contributed by atoms with Gasteiger partial charge < -0.3 is 10.0 Å². The van der Waals surface area contributed by atoms with Crippen LogP contribution < -0.4 is 10.3 Å². The van der Waals surface area contributed by atoms with Crippen molar-refractivity contribution in [2.45, 2.75) is 32.9 Å². The van der Waals surface area contributed by atoms with Gasteiger partial charge in [0.15, 0.2) is 0 Å². The van der Waals surface area contributed by atoms with Crippen LogP contribution in [0.4, 0.5) is 5.69 Å². The van der Waals surface area contributed by atoms with Crippen molar-refractivity contribution in [3.8, 4) is 11.3 Å². The molecular weight excluding hydrogens is 438 g/mol. The second-order valence-corrected chi connectivity index (χ2v) is 8.92. The minimum atomic E-state index is -0.874. The van der Waals surface area contributed by atoms with Gasteiger partial charge in [-0.2, -0.15) is 0 Å². The second kappa shape index (κ2) is 9.50. The van der Waals surface area contributed by atoms with Crippen molar-refractivity contribution in [1.82, 2.24) is 4.68 Å². The molecule has 0 atom stereocenters. The number of carbonyl (C=O) groups excluding carboxylic acids is 1. The SMILES string of the molecule is Cc1ccc(-c2ccc(CCC(=O)O)n2NC(=O)c2ccc(N3Cc4ccccc4C3)cc2)cc1. The number of fused-ring (bicyclic) bond motifs is 1. The molecule has 0 fully saturated rings. The molecule has 1 aliphatic heterocycles. The molecule has 0 spiro atoms. The first kappa shape index (κ1) is 22.5. The number of aliphatic carboxylic acids is 1. The van der Waals surface area contributed by atoms with Crippen molar-refractivity contribution in [3.05, 3.63) is 113 Å². The Bertz CT molecular complexity index is 1350. The van der Waals surface area contributed by atoms with E-state index in [1.54, 1.807) is 4.68 Å². The highest BCUT2D eigenvalue weighted by Crippen LogP contribution is 2.28. The first-order valence-corrected chi connectivity index (χ1v) is 11.7. The molecular formula is C29H27N3O3. The Labute approximate surface area is 204 Å². The summed E-state index contributed by atoms with van der Waals surface area (Å²) in [6.45, 7) is 3.74. The van der Waals surface area contributed by atoms with Gasteiger partial charge in [0.05, 0.1) is 12.1 Å². The van der Waals surface area contributed by atoms with E-state index in [9.17, 15) is 9.59 Å². The Morgan fingerprint density at radius 1 is 0.857 bits per heavy atom. The maximum Gasteiger partial charge on any atom is 0.303 e. The zero-order valence-electron chi connectivity index (χ0n) is 19.6. The van der Waals surface area contributed by atoms with Crippen LogP contribution in [0.3, 0.4) is 0 Å². The van der Waals surface area contributed by atoms with Crippen molar-refractivity contribution in [3.63, 3.8) is 0 Å². The molecule has 4 aromatic rings. The van der Waals surface area contributed by atoms with Crippen molar-refractivity contribution >= 4 is 17.6 Å². The Morgan fingerprint density at radius 2 is 1.51 bits per heavy atom. The Balaban J connectivity index is 1.36. The zero-order chi connectivity index (χ0) is 24.4. The number of carboxylic acids is 1. The van der Waals surface area contributed by atoms with Crippen LogP contribution in [-0.2, 0) is 24.3 Å². The fourth-order valence-electron chi connectivity index (χ4n) is 4.50. The van der Waals surface area contributed by atoms with Crippen LogP contribution in [0.5, 0.6) is 0 Å². The number of nitrogens with one attached hydrogen (secondary N) is 1. The van der Waals surface area contributed by atoms with E-state index >= 15 is 0 Å². The topological polar surface area (TPSA) is 74.6 Å². The van der Waals surface area contributed by atoms with Gasteiger partial charge in [0, 0.05) is 42.0 Å². The highest BCUT2D eigenvalue weighted by molar-refractivity contribution is 6.00. The summed E-state index contributed by atoms with van der Waals surface area (Å²) >= 11 is 0. The minimum absolute atomic E-state index is 0.0137. The molecule has 6 nitrogen and oxygen atoms in total. The van der Waals surface area contributed by atoms with E-state index in [4.69, 9.17) is 5.11 Å². The number of aryl methyl sites for hydroxylation is 2. The average molecular weight is 466 g/mol. The lowest BCUT2D eigenvalue weighted by Crippen LogP contribution is -2.25. The number of anilines is 1. The Kier molecular flexibility index (Phi) is 6.10. The fraction of sp³-hybridized carbons (Fsp3) is 0.172. The maximum atomic E-state index is 13.2. The summed E-state index contributed by atoms with van der Waals surface area (Å²) in [5, 5.41) is 9.15. The predicted molar refractivity (Wildman–Crippen MR) is 137 cm³/mol. The molecule has 35 heavy (non-hydrogen) atoms. The molecule has 6 heteroatoms. The standard InChI is InChI=1S/C29H27N3O3/c1-20-6-8-21(9-7-20)27-16-14-26(15-17-28(33)34)32(27)30-29(35)22-10-12-25(13-11-22)31-18-23-4-2-3-5-24(23)19-31/h2-14,16H,15,17-19H2,1H3,(H,30,35)(H,33,34). The number of benzene rings is 3. The summed E-state index contributed by atoms with van der Waals surface area (Å²) in [4.78, 5) is 26.6. The van der Waals surface area contributed by atoms with Crippen LogP contribution in [0.2, 0.25) is 0 Å². The van der Waals surface area contributed by atoms with Crippen molar-refractivity contribution in [2.24, 2.45) is 0 Å². The molecule has 0 bridgehead atoms. The van der Waals surface area contributed by atoms with Crippen LogP contribution in [0.25, 0.3) is 11.3 Å². The molecule has 1 amide bonds. The number of rotatable bonds is 7. The minimum Gasteiger partial charge on any atom is -0.481 e. The second-order valence-electron chi connectivity index (χ2n) is 8.92. The van der Waals surface area contributed by atoms with Crippen LogP contribution in [0.1, 0.15) is 39.2 Å². The molecule has 2 heterocycles. The van der Waals surface area contributed by atoms with Gasteiger partial charge in [0.25, 0.3) is 5.91 Å². The maximum absolute atomic E-state index is 13.2. The fourth-order valence-corrected chi connectivity index (χ4v) is 4.50. The van der Waals surface area contributed by atoms with Gasteiger partial charge in [-0.15, -0.1) is 0 Å². The molecule has 0 aliphatic carbocycles. The van der Waals surface area contributed by atoms with E-state index in [2.05, 4.69) is 34.6 Å². The molecule has 0 unspecified atom stereocenters. The highest BCUT2D eigenvalue weighted by Gasteiger charge is 2.19. The molecule has 2 N–H and O–H groups in total. The van der Waals surface area contributed by atoms with Crippen LogP contribution in [0.15, 0.2) is 84.9 Å². The van der Waals surface area contributed by atoms with Gasteiger partial charge >= 0.3 is 5.97 Å². The molecule has 176 valence electrons. The van der Waals surface area contributed by atoms with E-state index in [-0.39, 0.29) is 12.3 Å². The van der Waals surface area contributed by atoms with E-state index in [0.29, 0.717) is 12.0 Å². The number of amides is 1. The first-order valence-electron chi connectivity index (χ1n) is 11.7. The number of carboxylic acid groups (broad SMARTS) is 1. The van der Waals surface area contributed by atoms with Crippen LogP contribution in [0, 0.1) is 6.92 Å². The molecule has 1 aromatic heterocycles. The van der Waals surface area contributed by atoms with Gasteiger partial charge in [-0.3, -0.25) is 19.7 Å². The monoisotopic (exact) mass is 465 g/mol. The Morgan fingerprint density at radius 3 is 2.14 bits per heavy atom. The summed E-state index contributed by atoms with van der Waals surface area (Å²) in [5.41, 5.74) is 10.9. The summed E-state index contributed by atoms with van der Waals surface area (Å²) < 4.78 is 1.71. The van der Waals surface area contributed by atoms with Crippen LogP contribution in [-0.4, -0.2) is 21.7 Å². The summed E-state index contributed by atoms with van der Waals surface area (Å²) in [7, 11) is 0. The molecule has 0 saturated carbocycles. The smallest absolute Gasteiger partial charge is 0.303 e. The number of aromatic nitrogens is 1. The quantitative estimate of drug-likeness (QED) is 0.384. The molecule has 0 saturated heterocycles. The number of hydrogen-bond acceptors (Lipinski definition) is 3. The van der Waals surface area contributed by atoms with Gasteiger partial charge in [-0.05, 0) is 54.4 Å². The number of carbonyl (C=O) groups is 2. The van der Waals surface area contributed by atoms with E-state index in [1.807, 2.05) is 67.6 Å². The average Bonchev–Trinajstić information content (AvgIpc) is 3.47. The molecule has 0 radical (unpaired) electrons. The lowest BCUT2D eigenvalue weighted by Gasteiger charge is -2.18. The molecule has 3 aromatic carbocycles.